The molecule has 3 aromatic rings. The van der Waals surface area contributed by atoms with Crippen LogP contribution >= 0.6 is 27.7 Å². The normalized spacial score (nSPS) is 18.5. The molecular formula is C27H33BrN6O6S. The summed E-state index contributed by atoms with van der Waals surface area (Å²) in [5.41, 5.74) is 6.65. The molecule has 1 aromatic carbocycles. The van der Waals surface area contributed by atoms with Crippen molar-refractivity contribution in [3.63, 3.8) is 0 Å². The number of piperidine rings is 1. The highest BCUT2D eigenvalue weighted by atomic mass is 79.9. The predicted octanol–water partition coefficient (Wildman–Crippen LogP) is 5.02. The lowest BCUT2D eigenvalue weighted by Gasteiger charge is -2.38. The average molecular weight is 650 g/mol. The van der Waals surface area contributed by atoms with Crippen LogP contribution in [0.15, 0.2) is 33.0 Å². The molecule has 1 fully saturated rings. The van der Waals surface area contributed by atoms with Crippen LogP contribution < -0.4 is 15.2 Å². The molecule has 0 saturated carbocycles. The number of hydrogen-bond acceptors (Lipinski definition) is 11. The highest BCUT2D eigenvalue weighted by Gasteiger charge is 2.39. The Kier molecular flexibility index (Phi) is 8.50. The largest absolute Gasteiger partial charge is 0.464 e. The van der Waals surface area contributed by atoms with E-state index in [0.717, 1.165) is 22.2 Å². The van der Waals surface area contributed by atoms with E-state index in [1.54, 1.807) is 27.7 Å². The number of fused-ring (bicyclic) bond motifs is 2. The molecule has 14 heteroatoms. The summed E-state index contributed by atoms with van der Waals surface area (Å²) < 4.78 is 24.8. The van der Waals surface area contributed by atoms with Gasteiger partial charge < -0.3 is 29.2 Å². The number of hydrogen-bond donors (Lipinski definition) is 1. The van der Waals surface area contributed by atoms with Gasteiger partial charge in [-0.3, -0.25) is 4.90 Å². The number of nitrogen functional groups attached to an aromatic ring is 1. The number of nitrogens with zero attached hydrogens (tertiary/aromatic N) is 5. The van der Waals surface area contributed by atoms with Crippen molar-refractivity contribution in [3.8, 4) is 11.5 Å². The van der Waals surface area contributed by atoms with Gasteiger partial charge >= 0.3 is 12.1 Å². The lowest BCUT2D eigenvalue weighted by atomic mass is 9.88. The van der Waals surface area contributed by atoms with Crippen LogP contribution in [0.2, 0.25) is 0 Å². The third-order valence-electron chi connectivity index (χ3n) is 6.81. The van der Waals surface area contributed by atoms with Crippen molar-refractivity contribution in [2.75, 3.05) is 25.7 Å². The second-order valence-electron chi connectivity index (χ2n) is 10.8. The number of carbonyl (C=O) groups is 2. The number of ether oxygens (including phenoxy) is 4. The van der Waals surface area contributed by atoms with Crippen molar-refractivity contribution >= 4 is 56.7 Å². The zero-order valence-electron chi connectivity index (χ0n) is 23.4. The van der Waals surface area contributed by atoms with Crippen LogP contribution in [-0.4, -0.2) is 68.1 Å². The number of benzene rings is 1. The van der Waals surface area contributed by atoms with Gasteiger partial charge in [0.2, 0.25) is 6.79 Å². The molecule has 2 N–H and O–H groups in total. The fourth-order valence-electron chi connectivity index (χ4n) is 4.90. The van der Waals surface area contributed by atoms with Crippen molar-refractivity contribution in [2.45, 2.75) is 75.2 Å². The number of anilines is 1. The second-order valence-corrected chi connectivity index (χ2v) is 12.7. The summed E-state index contributed by atoms with van der Waals surface area (Å²) in [5, 5.41) is 0.694. The van der Waals surface area contributed by atoms with Gasteiger partial charge in [0.1, 0.15) is 18.0 Å². The molecule has 2 aromatic heterocycles. The SMILES string of the molecule is CCOC(=O)C1CC(CCn2c(Sc3cc4c(cc3Br)OCO4)nc3c(N)ncnc32)CCN1C(=O)OC(C)(C)C. The maximum absolute atomic E-state index is 12.9. The number of likely N-dealkylation sites (tertiary alicyclic amines) is 1. The van der Waals surface area contributed by atoms with E-state index in [-0.39, 0.29) is 19.3 Å². The van der Waals surface area contributed by atoms with Crippen LogP contribution in [0.5, 0.6) is 11.5 Å². The molecule has 2 aliphatic rings. The first-order valence-electron chi connectivity index (χ1n) is 13.4. The van der Waals surface area contributed by atoms with E-state index in [4.69, 9.17) is 29.7 Å². The first kappa shape index (κ1) is 29.2. The first-order valence-corrected chi connectivity index (χ1v) is 15.0. The lowest BCUT2D eigenvalue weighted by molar-refractivity contribution is -0.151. The summed E-state index contributed by atoms with van der Waals surface area (Å²) in [6, 6.07) is 3.07. The van der Waals surface area contributed by atoms with E-state index in [0.29, 0.717) is 53.1 Å². The van der Waals surface area contributed by atoms with Gasteiger partial charge in [0.15, 0.2) is 33.6 Å². The van der Waals surface area contributed by atoms with Gasteiger partial charge in [-0.2, -0.15) is 0 Å². The molecule has 1 saturated heterocycles. The first-order chi connectivity index (χ1) is 19.5. The minimum atomic E-state index is -0.709. The summed E-state index contributed by atoms with van der Waals surface area (Å²) in [6.45, 7) is 8.56. The zero-order valence-corrected chi connectivity index (χ0v) is 25.8. The van der Waals surface area contributed by atoms with E-state index in [1.165, 1.54) is 23.0 Å². The number of aromatic nitrogens is 4. The average Bonchev–Trinajstić information content (AvgIpc) is 3.51. The Balaban J connectivity index is 1.37. The summed E-state index contributed by atoms with van der Waals surface area (Å²) in [4.78, 5) is 41.6. The van der Waals surface area contributed by atoms with Crippen LogP contribution in [0.4, 0.5) is 10.6 Å². The highest BCUT2D eigenvalue weighted by Crippen LogP contribution is 2.43. The van der Waals surface area contributed by atoms with E-state index in [9.17, 15) is 9.59 Å². The molecule has 220 valence electrons. The minimum absolute atomic E-state index is 0.148. The number of imidazole rings is 1. The van der Waals surface area contributed by atoms with Gasteiger partial charge in [-0.15, -0.1) is 0 Å². The third kappa shape index (κ3) is 6.48. The van der Waals surface area contributed by atoms with Crippen molar-refractivity contribution in [1.82, 2.24) is 24.4 Å². The molecular weight excluding hydrogens is 616 g/mol. The molecule has 4 heterocycles. The molecule has 2 unspecified atom stereocenters. The Hall–Kier alpha value is -3.26. The number of carbonyl (C=O) groups excluding carboxylic acids is 2. The van der Waals surface area contributed by atoms with Crippen molar-refractivity contribution in [2.24, 2.45) is 5.92 Å². The van der Waals surface area contributed by atoms with E-state index in [2.05, 4.69) is 25.9 Å². The molecule has 2 atom stereocenters. The molecule has 0 aliphatic carbocycles. The Morgan fingerprint density at radius 1 is 1.22 bits per heavy atom. The number of esters is 1. The van der Waals surface area contributed by atoms with Gasteiger partial charge in [0.25, 0.3) is 0 Å². The van der Waals surface area contributed by atoms with Crippen molar-refractivity contribution in [1.29, 1.82) is 0 Å². The molecule has 0 spiro atoms. The van der Waals surface area contributed by atoms with Crippen LogP contribution in [0.25, 0.3) is 11.2 Å². The van der Waals surface area contributed by atoms with E-state index < -0.39 is 23.7 Å². The molecule has 2 aliphatic heterocycles. The quantitative estimate of drug-likeness (QED) is 0.345. The maximum Gasteiger partial charge on any atom is 0.411 e. The molecule has 41 heavy (non-hydrogen) atoms. The summed E-state index contributed by atoms with van der Waals surface area (Å²) in [5.74, 6) is 1.38. The smallest absolute Gasteiger partial charge is 0.411 e. The monoisotopic (exact) mass is 648 g/mol. The molecule has 5 rings (SSSR count). The molecule has 12 nitrogen and oxygen atoms in total. The van der Waals surface area contributed by atoms with Gasteiger partial charge in [0.05, 0.1) is 6.61 Å². The second kappa shape index (κ2) is 11.9. The summed E-state index contributed by atoms with van der Waals surface area (Å²) >= 11 is 5.08. The number of aryl methyl sites for hydroxylation is 1. The van der Waals surface area contributed by atoms with Crippen LogP contribution in [0.1, 0.15) is 47.0 Å². The molecule has 0 radical (unpaired) electrons. The Labute approximate surface area is 250 Å². The lowest BCUT2D eigenvalue weighted by Crippen LogP contribution is -2.52. The van der Waals surface area contributed by atoms with Gasteiger partial charge in [-0.05, 0) is 80.9 Å². The zero-order chi connectivity index (χ0) is 29.3. The number of nitrogens with two attached hydrogens (primary N) is 1. The van der Waals surface area contributed by atoms with E-state index >= 15 is 0 Å². The maximum atomic E-state index is 12.9. The Morgan fingerprint density at radius 3 is 2.71 bits per heavy atom. The molecule has 0 bridgehead atoms. The van der Waals surface area contributed by atoms with Crippen molar-refractivity contribution < 1.29 is 28.5 Å². The topological polar surface area (TPSA) is 144 Å². The van der Waals surface area contributed by atoms with Gasteiger partial charge in [-0.1, -0.05) is 11.8 Å². The molecule has 1 amide bonds. The van der Waals surface area contributed by atoms with Gasteiger partial charge in [0, 0.05) is 22.5 Å². The number of halogens is 1. The van der Waals surface area contributed by atoms with Crippen molar-refractivity contribution in [3.05, 3.63) is 22.9 Å². The predicted molar refractivity (Wildman–Crippen MR) is 155 cm³/mol. The summed E-state index contributed by atoms with van der Waals surface area (Å²) in [7, 11) is 0. The number of rotatable bonds is 7. The fraction of sp³-hybridized carbons (Fsp3) is 0.519. The van der Waals surface area contributed by atoms with Crippen LogP contribution in [0, 0.1) is 5.92 Å². The third-order valence-corrected chi connectivity index (χ3v) is 8.78. The minimum Gasteiger partial charge on any atom is -0.464 e. The van der Waals surface area contributed by atoms with E-state index in [1.807, 2.05) is 16.7 Å². The van der Waals surface area contributed by atoms with Crippen LogP contribution in [-0.2, 0) is 20.8 Å². The summed E-state index contributed by atoms with van der Waals surface area (Å²) in [6.07, 6.45) is 2.84. The van der Waals surface area contributed by atoms with Gasteiger partial charge in [-0.25, -0.2) is 24.5 Å². The highest BCUT2D eigenvalue weighted by molar-refractivity contribution is 9.10. The Morgan fingerprint density at radius 2 is 1.98 bits per heavy atom. The fourth-order valence-corrected chi connectivity index (χ4v) is 6.41. The Bertz CT molecular complexity index is 1460. The number of amides is 1. The van der Waals surface area contributed by atoms with Crippen LogP contribution in [0.3, 0.4) is 0 Å². The standard InChI is InChI=1S/C27H33BrN6O6S/c1-5-37-24(35)17-10-15(6-8-33(17)26(36)40-27(2,3)4)7-9-34-23-21(22(29)30-13-31-23)32-25(34)41-20-12-19-18(11-16(20)28)38-14-39-19/h11-13,15,17H,5-10,14H2,1-4H3,(H2,29,30,31).